The van der Waals surface area contributed by atoms with Gasteiger partial charge in [-0.2, -0.15) is 0 Å². The number of aliphatic carboxylic acids is 1. The number of carboxylic acids is 1. The Labute approximate surface area is 204 Å². The molecular weight excluding hydrogens is 452 g/mol. The number of nitrogens with one attached hydrogen (secondary N) is 1. The number of hydrogen-bond donors (Lipinski definition) is 2. The van der Waals surface area contributed by atoms with Gasteiger partial charge in [-0.1, -0.05) is 48.5 Å². The third kappa shape index (κ3) is 4.87. The number of methoxy groups -OCH3 is 2. The molecule has 4 atom stereocenters. The molecule has 186 valence electrons. The molecule has 2 aromatic carbocycles. The van der Waals surface area contributed by atoms with Crippen molar-refractivity contribution in [3.05, 3.63) is 59.7 Å². The van der Waals surface area contributed by atoms with E-state index in [0.717, 1.165) is 22.3 Å². The van der Waals surface area contributed by atoms with Gasteiger partial charge in [0.05, 0.1) is 12.2 Å². The summed E-state index contributed by atoms with van der Waals surface area (Å²) < 4.78 is 16.2. The lowest BCUT2D eigenvalue weighted by molar-refractivity contribution is -0.144. The van der Waals surface area contributed by atoms with Crippen molar-refractivity contribution in [3.8, 4) is 11.1 Å². The van der Waals surface area contributed by atoms with Crippen molar-refractivity contribution >= 4 is 18.0 Å². The second kappa shape index (κ2) is 10.5. The summed E-state index contributed by atoms with van der Waals surface area (Å²) in [5.41, 5.74) is 4.41. The zero-order chi connectivity index (χ0) is 25.1. The van der Waals surface area contributed by atoms with E-state index in [2.05, 4.69) is 17.4 Å². The number of likely N-dealkylation sites (tertiary alicyclic amines) is 1. The predicted molar refractivity (Wildman–Crippen MR) is 127 cm³/mol. The molecular formula is C26H30N2O7. The van der Waals surface area contributed by atoms with Gasteiger partial charge in [-0.25, -0.2) is 4.79 Å². The first-order valence-corrected chi connectivity index (χ1v) is 11.5. The lowest BCUT2D eigenvalue weighted by atomic mass is 9.98. The smallest absolute Gasteiger partial charge is 0.407 e. The Morgan fingerprint density at radius 1 is 1.03 bits per heavy atom. The lowest BCUT2D eigenvalue weighted by Gasteiger charge is -2.27. The van der Waals surface area contributed by atoms with Crippen LogP contribution in [0.25, 0.3) is 11.1 Å². The fourth-order valence-electron chi connectivity index (χ4n) is 4.91. The number of nitrogens with zero attached hydrogens (tertiary/aromatic N) is 1. The van der Waals surface area contributed by atoms with Gasteiger partial charge in [-0.05, 0) is 29.2 Å². The highest BCUT2D eigenvalue weighted by atomic mass is 16.5. The maximum absolute atomic E-state index is 13.2. The van der Waals surface area contributed by atoms with E-state index in [1.807, 2.05) is 36.4 Å². The van der Waals surface area contributed by atoms with Crippen LogP contribution in [0, 0.1) is 5.92 Å². The van der Waals surface area contributed by atoms with Crippen LogP contribution in [0.3, 0.4) is 0 Å². The second-order valence-electron chi connectivity index (χ2n) is 8.85. The molecule has 0 saturated carbocycles. The van der Waals surface area contributed by atoms with Gasteiger partial charge in [0.25, 0.3) is 0 Å². The highest BCUT2D eigenvalue weighted by Gasteiger charge is 2.43. The Hall–Kier alpha value is -3.43. The van der Waals surface area contributed by atoms with Crippen LogP contribution in [0.5, 0.6) is 0 Å². The summed E-state index contributed by atoms with van der Waals surface area (Å²) in [4.78, 5) is 38.9. The third-order valence-corrected chi connectivity index (χ3v) is 6.92. The minimum Gasteiger partial charge on any atom is -0.481 e. The molecule has 1 aliphatic carbocycles. The highest BCUT2D eigenvalue weighted by Crippen LogP contribution is 2.44. The van der Waals surface area contributed by atoms with Crippen LogP contribution >= 0.6 is 0 Å². The normalized spacial score (nSPS) is 20.6. The number of carboxylic acid groups (broad SMARTS) is 1. The molecule has 2 aromatic rings. The quantitative estimate of drug-likeness (QED) is 0.594. The zero-order valence-electron chi connectivity index (χ0n) is 20.0. The maximum atomic E-state index is 13.2. The zero-order valence-corrected chi connectivity index (χ0v) is 20.0. The van der Waals surface area contributed by atoms with Gasteiger partial charge in [-0.3, -0.25) is 9.59 Å². The van der Waals surface area contributed by atoms with E-state index < -0.39 is 42.1 Å². The van der Waals surface area contributed by atoms with Crippen molar-refractivity contribution in [2.75, 3.05) is 33.9 Å². The van der Waals surface area contributed by atoms with Crippen molar-refractivity contribution in [1.29, 1.82) is 0 Å². The first kappa shape index (κ1) is 24.7. The minimum absolute atomic E-state index is 0.00796. The Bertz CT molecular complexity index is 1060. The molecule has 2 amide bonds. The Morgan fingerprint density at radius 3 is 2.14 bits per heavy atom. The molecule has 2 N–H and O–H groups in total. The van der Waals surface area contributed by atoms with Gasteiger partial charge in [0.15, 0.2) is 0 Å². The first-order valence-electron chi connectivity index (χ1n) is 11.5. The number of carbonyl (C=O) groups excluding carboxylic acids is 2. The number of rotatable bonds is 8. The van der Waals surface area contributed by atoms with Crippen LogP contribution in [0.4, 0.5) is 4.79 Å². The van der Waals surface area contributed by atoms with Crippen LogP contribution in [0.1, 0.15) is 24.0 Å². The van der Waals surface area contributed by atoms with Crippen LogP contribution in [0.2, 0.25) is 0 Å². The van der Waals surface area contributed by atoms with Gasteiger partial charge in [-0.15, -0.1) is 0 Å². The summed E-state index contributed by atoms with van der Waals surface area (Å²) in [7, 11) is 2.85. The summed E-state index contributed by atoms with van der Waals surface area (Å²) in [5, 5.41) is 12.1. The molecule has 0 bridgehead atoms. The van der Waals surface area contributed by atoms with E-state index in [4.69, 9.17) is 14.2 Å². The molecule has 1 aliphatic heterocycles. The second-order valence-corrected chi connectivity index (χ2v) is 8.85. The molecule has 9 heteroatoms. The Kier molecular flexibility index (Phi) is 7.37. The van der Waals surface area contributed by atoms with Crippen LogP contribution < -0.4 is 5.32 Å². The van der Waals surface area contributed by atoms with E-state index in [1.165, 1.54) is 19.1 Å². The third-order valence-electron chi connectivity index (χ3n) is 6.92. The minimum atomic E-state index is -1.04. The molecule has 4 rings (SSSR count). The largest absolute Gasteiger partial charge is 0.481 e. The predicted octanol–water partition coefficient (Wildman–Crippen LogP) is 2.49. The van der Waals surface area contributed by atoms with E-state index >= 15 is 0 Å². The topological polar surface area (TPSA) is 114 Å². The standard InChI is InChI=1S/C26H30N2O7/c1-15(33-2)23(24(29)28-12-20(25(30)31)22(13-28)34-3)27-26(32)35-14-21-18-10-6-4-8-16(18)17-9-5-7-11-19(17)21/h4-11,15,20-23H,12-14H2,1-3H3,(H,27,32)(H,30,31). The highest BCUT2D eigenvalue weighted by molar-refractivity contribution is 5.87. The number of benzene rings is 2. The van der Waals surface area contributed by atoms with Crippen LogP contribution in [0.15, 0.2) is 48.5 Å². The molecule has 0 spiro atoms. The number of amides is 2. The number of hydrogen-bond acceptors (Lipinski definition) is 6. The average Bonchev–Trinajstić information content (AvgIpc) is 3.45. The Balaban J connectivity index is 1.44. The number of carbonyl (C=O) groups is 3. The number of alkyl carbamates (subject to hydrolysis) is 1. The first-order chi connectivity index (χ1) is 16.8. The molecule has 35 heavy (non-hydrogen) atoms. The van der Waals surface area contributed by atoms with E-state index in [1.54, 1.807) is 6.92 Å². The summed E-state index contributed by atoms with van der Waals surface area (Å²) in [6, 6.07) is 15.0. The molecule has 1 fully saturated rings. The molecule has 2 aliphatic rings. The fourth-order valence-corrected chi connectivity index (χ4v) is 4.91. The van der Waals surface area contributed by atoms with Gasteiger partial charge in [0.1, 0.15) is 18.6 Å². The maximum Gasteiger partial charge on any atom is 0.407 e. The lowest BCUT2D eigenvalue weighted by Crippen LogP contribution is -2.54. The average molecular weight is 483 g/mol. The molecule has 1 saturated heterocycles. The Morgan fingerprint density at radius 2 is 1.63 bits per heavy atom. The SMILES string of the molecule is COC(C)C(NC(=O)OCC1c2ccccc2-c2ccccc21)C(=O)N1CC(OC)C(C(=O)O)C1. The van der Waals surface area contributed by atoms with Crippen molar-refractivity contribution in [3.63, 3.8) is 0 Å². The van der Waals surface area contributed by atoms with Gasteiger partial charge < -0.3 is 29.5 Å². The van der Waals surface area contributed by atoms with E-state index in [0.29, 0.717) is 0 Å². The van der Waals surface area contributed by atoms with Crippen molar-refractivity contribution in [1.82, 2.24) is 10.2 Å². The molecule has 4 unspecified atom stereocenters. The molecule has 0 radical (unpaired) electrons. The van der Waals surface area contributed by atoms with Gasteiger partial charge in [0.2, 0.25) is 5.91 Å². The summed E-state index contributed by atoms with van der Waals surface area (Å²) in [5.74, 6) is -2.43. The van der Waals surface area contributed by atoms with Crippen molar-refractivity contribution in [2.45, 2.75) is 31.1 Å². The van der Waals surface area contributed by atoms with E-state index in [9.17, 15) is 19.5 Å². The van der Waals surface area contributed by atoms with Crippen LogP contribution in [-0.4, -0.2) is 80.1 Å². The molecule has 1 heterocycles. The van der Waals surface area contributed by atoms with Gasteiger partial charge >= 0.3 is 12.1 Å². The summed E-state index contributed by atoms with van der Waals surface area (Å²) in [6.07, 6.45) is -2.02. The van der Waals surface area contributed by atoms with Crippen LogP contribution in [-0.2, 0) is 23.8 Å². The van der Waals surface area contributed by atoms with E-state index in [-0.39, 0.29) is 25.6 Å². The molecule has 0 aromatic heterocycles. The monoisotopic (exact) mass is 482 g/mol. The van der Waals surface area contributed by atoms with Crippen molar-refractivity contribution in [2.24, 2.45) is 5.92 Å². The molecule has 9 nitrogen and oxygen atoms in total. The summed E-state index contributed by atoms with van der Waals surface area (Å²) >= 11 is 0. The summed E-state index contributed by atoms with van der Waals surface area (Å²) in [6.45, 7) is 1.88. The fraction of sp³-hybridized carbons (Fsp3) is 0.423. The van der Waals surface area contributed by atoms with Crippen molar-refractivity contribution < 1.29 is 33.7 Å². The number of ether oxygens (including phenoxy) is 3. The number of fused-ring (bicyclic) bond motifs is 3. The van der Waals surface area contributed by atoms with Gasteiger partial charge in [0, 0.05) is 33.2 Å².